The quantitative estimate of drug-likeness (QED) is 0.652. The molecule has 29 heavy (non-hydrogen) atoms. The highest BCUT2D eigenvalue weighted by Gasteiger charge is 2.24. The maximum atomic E-state index is 13.1. The standard InChI is InChI=1S/C23H22ClN3O2/c1-15-9-10-16(2)27(15)17-11-12-19(24)18(14-17)23(29)25-20-6-3-4-7-21(20)26-13-5-8-22(26)28/h3-4,6-7,9-12,14H,5,8,13H2,1-2H3,(H,25,29). The van der Waals surface area contributed by atoms with Gasteiger partial charge in [0.2, 0.25) is 5.91 Å². The molecule has 2 aromatic carbocycles. The fraction of sp³-hybridized carbons (Fsp3) is 0.217. The molecule has 0 aliphatic carbocycles. The summed E-state index contributed by atoms with van der Waals surface area (Å²) < 4.78 is 2.07. The van der Waals surface area contributed by atoms with E-state index in [1.807, 2.05) is 50.2 Å². The lowest BCUT2D eigenvalue weighted by molar-refractivity contribution is -0.117. The molecule has 0 spiro atoms. The number of nitrogens with zero attached hydrogens (tertiary/aromatic N) is 2. The van der Waals surface area contributed by atoms with Gasteiger partial charge >= 0.3 is 0 Å². The molecule has 4 rings (SSSR count). The van der Waals surface area contributed by atoms with Crippen LogP contribution in [-0.4, -0.2) is 22.9 Å². The average molecular weight is 408 g/mol. The molecule has 1 aliphatic heterocycles. The van der Waals surface area contributed by atoms with Crippen LogP contribution in [0.5, 0.6) is 0 Å². The number of para-hydroxylation sites is 2. The van der Waals surface area contributed by atoms with Gasteiger partial charge in [0.05, 0.1) is 22.0 Å². The Hall–Kier alpha value is -3.05. The van der Waals surface area contributed by atoms with Crippen LogP contribution >= 0.6 is 11.6 Å². The van der Waals surface area contributed by atoms with Gasteiger partial charge in [-0.2, -0.15) is 0 Å². The van der Waals surface area contributed by atoms with Crippen molar-refractivity contribution in [3.8, 4) is 5.69 Å². The van der Waals surface area contributed by atoms with Crippen molar-refractivity contribution >= 4 is 34.8 Å². The number of anilines is 2. The first-order valence-electron chi connectivity index (χ1n) is 9.61. The van der Waals surface area contributed by atoms with Crippen LogP contribution in [0.1, 0.15) is 34.6 Å². The molecular formula is C23H22ClN3O2. The van der Waals surface area contributed by atoms with Crippen molar-refractivity contribution in [2.24, 2.45) is 0 Å². The van der Waals surface area contributed by atoms with Crippen molar-refractivity contribution in [3.63, 3.8) is 0 Å². The van der Waals surface area contributed by atoms with E-state index in [2.05, 4.69) is 9.88 Å². The molecule has 1 saturated heterocycles. The Morgan fingerprint density at radius 1 is 1.03 bits per heavy atom. The Morgan fingerprint density at radius 2 is 1.76 bits per heavy atom. The van der Waals surface area contributed by atoms with Gasteiger partial charge in [-0.1, -0.05) is 23.7 Å². The lowest BCUT2D eigenvalue weighted by Crippen LogP contribution is -2.25. The molecule has 1 N–H and O–H groups in total. The molecule has 0 unspecified atom stereocenters. The molecule has 0 atom stereocenters. The lowest BCUT2D eigenvalue weighted by atomic mass is 10.1. The van der Waals surface area contributed by atoms with E-state index in [9.17, 15) is 9.59 Å². The molecule has 2 amide bonds. The number of halogens is 1. The highest BCUT2D eigenvalue weighted by molar-refractivity contribution is 6.34. The van der Waals surface area contributed by atoms with Gasteiger partial charge in [-0.05, 0) is 62.7 Å². The predicted octanol–water partition coefficient (Wildman–Crippen LogP) is 5.13. The average Bonchev–Trinajstić information content (AvgIpc) is 3.28. The molecule has 1 aliphatic rings. The van der Waals surface area contributed by atoms with Crippen molar-refractivity contribution in [2.75, 3.05) is 16.8 Å². The highest BCUT2D eigenvalue weighted by Crippen LogP contribution is 2.31. The molecular weight excluding hydrogens is 386 g/mol. The first-order valence-corrected chi connectivity index (χ1v) is 9.99. The molecule has 0 bridgehead atoms. The number of aromatic nitrogens is 1. The molecule has 0 saturated carbocycles. The van der Waals surface area contributed by atoms with E-state index < -0.39 is 0 Å². The normalized spacial score (nSPS) is 13.8. The summed E-state index contributed by atoms with van der Waals surface area (Å²) in [5.41, 5.74) is 4.74. The number of hydrogen-bond donors (Lipinski definition) is 1. The van der Waals surface area contributed by atoms with Gasteiger partial charge in [-0.15, -0.1) is 0 Å². The van der Waals surface area contributed by atoms with Gasteiger partial charge in [-0.25, -0.2) is 0 Å². The number of carbonyl (C=O) groups is 2. The zero-order valence-corrected chi connectivity index (χ0v) is 17.2. The fourth-order valence-electron chi connectivity index (χ4n) is 3.81. The Bertz CT molecular complexity index is 1080. The summed E-state index contributed by atoms with van der Waals surface area (Å²) in [6.45, 7) is 4.70. The zero-order valence-electron chi connectivity index (χ0n) is 16.4. The number of carbonyl (C=O) groups excluding carboxylic acids is 2. The van der Waals surface area contributed by atoms with Crippen LogP contribution in [0.15, 0.2) is 54.6 Å². The Labute approximate surface area is 174 Å². The summed E-state index contributed by atoms with van der Waals surface area (Å²) >= 11 is 6.35. The van der Waals surface area contributed by atoms with Crippen LogP contribution < -0.4 is 10.2 Å². The smallest absolute Gasteiger partial charge is 0.257 e. The van der Waals surface area contributed by atoms with Crippen molar-refractivity contribution in [1.82, 2.24) is 4.57 Å². The van der Waals surface area contributed by atoms with E-state index in [-0.39, 0.29) is 11.8 Å². The summed E-state index contributed by atoms with van der Waals surface area (Å²) in [5.74, 6) is -0.233. The van der Waals surface area contributed by atoms with E-state index in [0.717, 1.165) is 23.5 Å². The Balaban J connectivity index is 1.67. The van der Waals surface area contributed by atoms with Gasteiger partial charge in [0.1, 0.15) is 0 Å². The maximum Gasteiger partial charge on any atom is 0.257 e. The van der Waals surface area contributed by atoms with Crippen LogP contribution in [0.2, 0.25) is 5.02 Å². The highest BCUT2D eigenvalue weighted by atomic mass is 35.5. The van der Waals surface area contributed by atoms with E-state index in [1.54, 1.807) is 23.1 Å². The molecule has 5 nitrogen and oxygen atoms in total. The van der Waals surface area contributed by atoms with E-state index in [0.29, 0.717) is 34.9 Å². The van der Waals surface area contributed by atoms with Crippen molar-refractivity contribution < 1.29 is 9.59 Å². The SMILES string of the molecule is Cc1ccc(C)n1-c1ccc(Cl)c(C(=O)Nc2ccccc2N2CCCC2=O)c1. The Morgan fingerprint density at radius 3 is 2.45 bits per heavy atom. The zero-order chi connectivity index (χ0) is 20.5. The van der Waals surface area contributed by atoms with Gasteiger partial charge in [0, 0.05) is 30.0 Å². The van der Waals surface area contributed by atoms with Crippen LogP contribution in [0.25, 0.3) is 5.69 Å². The third-order valence-electron chi connectivity index (χ3n) is 5.24. The van der Waals surface area contributed by atoms with Crippen molar-refractivity contribution in [1.29, 1.82) is 0 Å². The Kier molecular flexibility index (Phi) is 5.16. The van der Waals surface area contributed by atoms with Crippen LogP contribution in [0, 0.1) is 13.8 Å². The molecule has 2 heterocycles. The van der Waals surface area contributed by atoms with Gasteiger partial charge in [0.15, 0.2) is 0 Å². The lowest BCUT2D eigenvalue weighted by Gasteiger charge is -2.20. The number of benzene rings is 2. The maximum absolute atomic E-state index is 13.1. The summed E-state index contributed by atoms with van der Waals surface area (Å²) in [6, 6.07) is 16.9. The number of hydrogen-bond acceptors (Lipinski definition) is 2. The minimum absolute atomic E-state index is 0.0743. The fourth-order valence-corrected chi connectivity index (χ4v) is 4.01. The second kappa shape index (κ2) is 7.76. The second-order valence-electron chi connectivity index (χ2n) is 7.24. The predicted molar refractivity (Wildman–Crippen MR) is 116 cm³/mol. The van der Waals surface area contributed by atoms with E-state index >= 15 is 0 Å². The molecule has 1 aromatic heterocycles. The van der Waals surface area contributed by atoms with E-state index in [1.165, 1.54) is 0 Å². The minimum atomic E-state index is -0.307. The van der Waals surface area contributed by atoms with Gasteiger partial charge in [-0.3, -0.25) is 9.59 Å². The number of aryl methyl sites for hydroxylation is 2. The van der Waals surface area contributed by atoms with Crippen LogP contribution in [0.4, 0.5) is 11.4 Å². The van der Waals surface area contributed by atoms with Crippen LogP contribution in [-0.2, 0) is 4.79 Å². The molecule has 6 heteroatoms. The first-order chi connectivity index (χ1) is 14.0. The summed E-state index contributed by atoms with van der Waals surface area (Å²) in [7, 11) is 0. The minimum Gasteiger partial charge on any atom is -0.320 e. The molecule has 148 valence electrons. The third-order valence-corrected chi connectivity index (χ3v) is 5.57. The number of rotatable bonds is 4. The number of amides is 2. The topological polar surface area (TPSA) is 54.3 Å². The number of nitrogens with one attached hydrogen (secondary N) is 1. The first kappa shape index (κ1) is 19.3. The van der Waals surface area contributed by atoms with Gasteiger partial charge < -0.3 is 14.8 Å². The monoisotopic (exact) mass is 407 g/mol. The third kappa shape index (κ3) is 3.66. The molecule has 0 radical (unpaired) electrons. The van der Waals surface area contributed by atoms with Crippen molar-refractivity contribution in [2.45, 2.75) is 26.7 Å². The summed E-state index contributed by atoms with van der Waals surface area (Å²) in [6.07, 6.45) is 1.36. The summed E-state index contributed by atoms with van der Waals surface area (Å²) in [5, 5.41) is 3.32. The van der Waals surface area contributed by atoms with Gasteiger partial charge in [0.25, 0.3) is 5.91 Å². The molecule has 3 aromatic rings. The second-order valence-corrected chi connectivity index (χ2v) is 7.64. The van der Waals surface area contributed by atoms with Crippen LogP contribution in [0.3, 0.4) is 0 Å². The van der Waals surface area contributed by atoms with Crippen molar-refractivity contribution in [3.05, 3.63) is 76.6 Å². The van der Waals surface area contributed by atoms with E-state index in [4.69, 9.17) is 11.6 Å². The molecule has 1 fully saturated rings. The summed E-state index contributed by atoms with van der Waals surface area (Å²) in [4.78, 5) is 27.0. The largest absolute Gasteiger partial charge is 0.320 e.